The van der Waals surface area contributed by atoms with Gasteiger partial charge in [0.1, 0.15) is 0 Å². The molecule has 144 valence electrons. The first-order valence-corrected chi connectivity index (χ1v) is 9.53. The molecule has 0 saturated carbocycles. The van der Waals surface area contributed by atoms with Crippen molar-refractivity contribution in [3.63, 3.8) is 0 Å². The molecule has 2 N–H and O–H groups in total. The zero-order valence-electron chi connectivity index (χ0n) is 15.7. The Morgan fingerprint density at radius 1 is 1.26 bits per heavy atom. The Morgan fingerprint density at radius 2 is 2.00 bits per heavy atom. The van der Waals surface area contributed by atoms with Crippen LogP contribution in [0.1, 0.15) is 35.2 Å². The van der Waals surface area contributed by atoms with Gasteiger partial charge in [-0.1, -0.05) is 48.9 Å². The predicted molar refractivity (Wildman–Crippen MR) is 107 cm³/mol. The number of hydrogen-bond acceptors (Lipinski definition) is 4. The van der Waals surface area contributed by atoms with Crippen molar-refractivity contribution in [3.05, 3.63) is 58.6 Å². The molecule has 6 heteroatoms. The number of likely N-dealkylation sites (tertiary alicyclic amines) is 1. The maximum atomic E-state index is 13.0. The first-order chi connectivity index (χ1) is 13.0. The smallest absolute Gasteiger partial charge is 0.254 e. The summed E-state index contributed by atoms with van der Waals surface area (Å²) in [5, 5.41) is 0.370. The van der Waals surface area contributed by atoms with E-state index in [2.05, 4.69) is 12.1 Å². The number of nitrogens with zero attached hydrogens (tertiary/aromatic N) is 1. The van der Waals surface area contributed by atoms with Crippen LogP contribution in [-0.4, -0.2) is 43.7 Å². The summed E-state index contributed by atoms with van der Waals surface area (Å²) in [7, 11) is 1.54. The highest BCUT2D eigenvalue weighted by atomic mass is 35.5. The largest absolute Gasteiger partial charge is 0.493 e. The quantitative estimate of drug-likeness (QED) is 0.819. The number of rotatable bonds is 6. The molecule has 0 bridgehead atoms. The number of amides is 1. The summed E-state index contributed by atoms with van der Waals surface area (Å²) in [5.41, 5.74) is 7.94. The Labute approximate surface area is 165 Å². The van der Waals surface area contributed by atoms with Gasteiger partial charge in [-0.05, 0) is 24.1 Å². The monoisotopic (exact) mass is 388 g/mol. The van der Waals surface area contributed by atoms with E-state index in [1.807, 2.05) is 25.1 Å². The van der Waals surface area contributed by atoms with Crippen molar-refractivity contribution in [2.45, 2.75) is 25.3 Å². The number of nitrogens with two attached hydrogens (primary N) is 1. The van der Waals surface area contributed by atoms with Crippen LogP contribution < -0.4 is 15.2 Å². The third-order valence-corrected chi connectivity index (χ3v) is 5.09. The Hall–Kier alpha value is -2.24. The average Bonchev–Trinajstić information content (AvgIpc) is 3.08. The summed E-state index contributed by atoms with van der Waals surface area (Å²) in [6.07, 6.45) is 0.854. The Bertz CT molecular complexity index is 798. The Balaban J connectivity index is 1.81. The van der Waals surface area contributed by atoms with Gasteiger partial charge in [-0.3, -0.25) is 4.79 Å². The third kappa shape index (κ3) is 4.20. The van der Waals surface area contributed by atoms with Gasteiger partial charge in [-0.15, -0.1) is 0 Å². The van der Waals surface area contributed by atoms with E-state index in [9.17, 15) is 4.79 Å². The molecule has 1 aliphatic rings. The van der Waals surface area contributed by atoms with E-state index >= 15 is 0 Å². The highest BCUT2D eigenvalue weighted by Gasteiger charge is 2.34. The second-order valence-electron chi connectivity index (χ2n) is 6.73. The van der Waals surface area contributed by atoms with Crippen LogP contribution >= 0.6 is 11.6 Å². The van der Waals surface area contributed by atoms with Gasteiger partial charge in [-0.25, -0.2) is 0 Å². The van der Waals surface area contributed by atoms with E-state index in [1.165, 1.54) is 7.11 Å². The molecule has 0 unspecified atom stereocenters. The average molecular weight is 389 g/mol. The van der Waals surface area contributed by atoms with Crippen LogP contribution in [0.15, 0.2) is 42.5 Å². The minimum absolute atomic E-state index is 0.0964. The van der Waals surface area contributed by atoms with Crippen molar-refractivity contribution < 1.29 is 14.3 Å². The number of ether oxygens (including phenoxy) is 2. The Kier molecular flexibility index (Phi) is 6.24. The number of halogens is 1. The molecule has 1 amide bonds. The van der Waals surface area contributed by atoms with Crippen molar-refractivity contribution >= 4 is 17.5 Å². The molecule has 1 saturated heterocycles. The standard InChI is InChI=1S/C21H25ClN2O3/c1-3-9-27-20-17(22)10-15(11-19(20)26-2)21(25)24-12-16(18(23)13-24)14-7-5-4-6-8-14/h4-8,10-11,16,18H,3,9,12-13,23H2,1-2H3/t16-,18+/m0/s1. The molecule has 0 aromatic heterocycles. The lowest BCUT2D eigenvalue weighted by atomic mass is 9.95. The normalized spacial score (nSPS) is 19.2. The first kappa shape index (κ1) is 19.5. The fourth-order valence-corrected chi connectivity index (χ4v) is 3.68. The Morgan fingerprint density at radius 3 is 2.67 bits per heavy atom. The zero-order valence-corrected chi connectivity index (χ0v) is 16.4. The van der Waals surface area contributed by atoms with Crippen LogP contribution in [0, 0.1) is 0 Å². The minimum atomic E-state index is -0.105. The van der Waals surface area contributed by atoms with Crippen molar-refractivity contribution in [2.24, 2.45) is 5.73 Å². The molecule has 27 heavy (non-hydrogen) atoms. The number of benzene rings is 2. The van der Waals surface area contributed by atoms with Crippen molar-refractivity contribution in [3.8, 4) is 11.5 Å². The molecule has 5 nitrogen and oxygen atoms in total. The molecular formula is C21H25ClN2O3. The SMILES string of the molecule is CCCOc1c(Cl)cc(C(=O)N2C[C@@H](N)[C@H](c3ccccc3)C2)cc1OC. The van der Waals surface area contributed by atoms with Crippen LogP contribution in [0.25, 0.3) is 0 Å². The predicted octanol–water partition coefficient (Wildman–Crippen LogP) is 3.70. The van der Waals surface area contributed by atoms with E-state index in [0.717, 1.165) is 12.0 Å². The van der Waals surface area contributed by atoms with E-state index in [0.29, 0.717) is 41.8 Å². The van der Waals surface area contributed by atoms with Crippen LogP contribution in [0.2, 0.25) is 5.02 Å². The van der Waals surface area contributed by atoms with Gasteiger partial charge in [0.2, 0.25) is 0 Å². The van der Waals surface area contributed by atoms with Gasteiger partial charge in [-0.2, -0.15) is 0 Å². The minimum Gasteiger partial charge on any atom is -0.493 e. The summed E-state index contributed by atoms with van der Waals surface area (Å²) < 4.78 is 11.0. The lowest BCUT2D eigenvalue weighted by Gasteiger charge is -2.18. The van der Waals surface area contributed by atoms with Crippen molar-refractivity contribution in [1.82, 2.24) is 4.90 Å². The highest BCUT2D eigenvalue weighted by molar-refractivity contribution is 6.32. The van der Waals surface area contributed by atoms with Crippen molar-refractivity contribution in [2.75, 3.05) is 26.8 Å². The molecule has 0 spiro atoms. The summed E-state index contributed by atoms with van der Waals surface area (Å²) in [6, 6.07) is 13.3. The van der Waals surface area contributed by atoms with Gasteiger partial charge in [0.15, 0.2) is 11.5 Å². The second kappa shape index (κ2) is 8.63. The van der Waals surface area contributed by atoms with Gasteiger partial charge in [0.25, 0.3) is 5.91 Å². The van der Waals surface area contributed by atoms with E-state index in [1.54, 1.807) is 17.0 Å². The molecule has 2 atom stereocenters. The number of methoxy groups -OCH3 is 1. The molecule has 2 aromatic carbocycles. The highest BCUT2D eigenvalue weighted by Crippen LogP contribution is 2.37. The van der Waals surface area contributed by atoms with E-state index < -0.39 is 0 Å². The molecule has 1 aliphatic heterocycles. The topological polar surface area (TPSA) is 64.8 Å². The number of hydrogen-bond donors (Lipinski definition) is 1. The fourth-order valence-electron chi connectivity index (χ4n) is 3.42. The van der Waals surface area contributed by atoms with Gasteiger partial charge in [0, 0.05) is 30.6 Å². The van der Waals surface area contributed by atoms with Gasteiger partial charge in [0.05, 0.1) is 18.7 Å². The molecule has 0 aliphatic carbocycles. The molecule has 2 aromatic rings. The third-order valence-electron chi connectivity index (χ3n) is 4.81. The lowest BCUT2D eigenvalue weighted by molar-refractivity contribution is 0.0788. The number of carbonyl (C=O) groups excluding carboxylic acids is 1. The van der Waals surface area contributed by atoms with Gasteiger partial charge >= 0.3 is 0 Å². The van der Waals surface area contributed by atoms with Crippen LogP contribution in [0.3, 0.4) is 0 Å². The molecular weight excluding hydrogens is 364 g/mol. The number of carbonyl (C=O) groups is 1. The molecule has 0 radical (unpaired) electrons. The van der Waals surface area contributed by atoms with Gasteiger partial charge < -0.3 is 20.1 Å². The summed E-state index contributed by atoms with van der Waals surface area (Å²) in [6.45, 7) is 3.63. The molecule has 1 heterocycles. The lowest BCUT2D eigenvalue weighted by Crippen LogP contribution is -2.32. The van der Waals surface area contributed by atoms with Crippen LogP contribution in [0.4, 0.5) is 0 Å². The van der Waals surface area contributed by atoms with Crippen LogP contribution in [0.5, 0.6) is 11.5 Å². The zero-order chi connectivity index (χ0) is 19.4. The maximum absolute atomic E-state index is 13.0. The van der Waals surface area contributed by atoms with E-state index in [-0.39, 0.29) is 17.9 Å². The summed E-state index contributed by atoms with van der Waals surface area (Å²) in [4.78, 5) is 14.8. The second-order valence-corrected chi connectivity index (χ2v) is 7.14. The first-order valence-electron chi connectivity index (χ1n) is 9.15. The summed E-state index contributed by atoms with van der Waals surface area (Å²) in [5.74, 6) is 0.950. The van der Waals surface area contributed by atoms with Crippen LogP contribution in [-0.2, 0) is 0 Å². The van der Waals surface area contributed by atoms with E-state index in [4.69, 9.17) is 26.8 Å². The fraction of sp³-hybridized carbons (Fsp3) is 0.381. The summed E-state index contributed by atoms with van der Waals surface area (Å²) >= 11 is 6.35. The molecule has 3 rings (SSSR count). The molecule has 1 fully saturated rings. The van der Waals surface area contributed by atoms with Crippen molar-refractivity contribution in [1.29, 1.82) is 0 Å². The maximum Gasteiger partial charge on any atom is 0.254 e.